The molecule has 2 fully saturated rings. The number of amides is 3. The second kappa shape index (κ2) is 11.2. The molecule has 2 heterocycles. The lowest BCUT2D eigenvalue weighted by atomic mass is 9.87. The van der Waals surface area contributed by atoms with Crippen LogP contribution in [0.1, 0.15) is 47.9 Å². The largest absolute Gasteiger partial charge is 0.351 e. The molecular formula is C29H23ClF3N5O3. The van der Waals surface area contributed by atoms with Crippen molar-refractivity contribution in [2.75, 3.05) is 16.3 Å². The molecule has 1 unspecified atom stereocenters. The van der Waals surface area contributed by atoms with Crippen LogP contribution in [0.25, 0.3) is 0 Å². The first-order valence-corrected chi connectivity index (χ1v) is 13.1. The van der Waals surface area contributed by atoms with E-state index in [0.717, 1.165) is 4.90 Å². The van der Waals surface area contributed by atoms with Crippen molar-refractivity contribution in [3.8, 4) is 6.07 Å². The van der Waals surface area contributed by atoms with Gasteiger partial charge in [-0.3, -0.25) is 24.2 Å². The average Bonchev–Trinajstić information content (AvgIpc) is 3.32. The van der Waals surface area contributed by atoms with E-state index < -0.39 is 48.5 Å². The highest BCUT2D eigenvalue weighted by molar-refractivity contribution is 6.31. The normalized spacial score (nSPS) is 18.8. The van der Waals surface area contributed by atoms with Crippen molar-refractivity contribution in [3.63, 3.8) is 0 Å². The van der Waals surface area contributed by atoms with Gasteiger partial charge in [0, 0.05) is 60.1 Å². The van der Waals surface area contributed by atoms with E-state index >= 15 is 4.39 Å². The first-order valence-electron chi connectivity index (χ1n) is 12.7. The van der Waals surface area contributed by atoms with E-state index in [2.05, 4.69) is 10.3 Å². The Labute approximate surface area is 238 Å². The Morgan fingerprint density at radius 1 is 1.22 bits per heavy atom. The zero-order chi connectivity index (χ0) is 29.3. The topological polar surface area (TPSA) is 106 Å². The predicted octanol–water partition coefficient (Wildman–Crippen LogP) is 4.88. The Balaban J connectivity index is 1.53. The number of carbonyl (C=O) groups excluding carboxylic acids is 3. The van der Waals surface area contributed by atoms with Gasteiger partial charge in [-0.05, 0) is 30.3 Å². The number of carbonyl (C=O) groups is 3. The summed E-state index contributed by atoms with van der Waals surface area (Å²) in [6.07, 6.45) is 0.539. The van der Waals surface area contributed by atoms with Gasteiger partial charge < -0.3 is 5.32 Å². The van der Waals surface area contributed by atoms with Crippen LogP contribution in [0.2, 0.25) is 5.02 Å². The molecule has 1 aromatic heterocycles. The van der Waals surface area contributed by atoms with Gasteiger partial charge in [-0.2, -0.15) is 5.26 Å². The molecule has 1 saturated carbocycles. The standard InChI is InChI=1S/C29H23ClF3N5O3/c30-21-5-2-1-4-20(21)27(28(41)36-19-12-29(32,33)13-19)38(16-39)23-7-3-6-22(31)26(23)18-11-25(40)37(15-18)24-10-17(14-34)8-9-35-24/h1-10,16,18-19,27H,11-13,15H2,(H,36,41)/t18?,27-/m0/s1. The number of anilines is 2. The molecule has 1 aliphatic heterocycles. The molecular weight excluding hydrogens is 559 g/mol. The fourth-order valence-electron chi connectivity index (χ4n) is 5.33. The van der Waals surface area contributed by atoms with E-state index in [1.807, 2.05) is 6.07 Å². The number of pyridine rings is 1. The van der Waals surface area contributed by atoms with E-state index in [1.165, 1.54) is 53.6 Å². The number of aromatic nitrogens is 1. The van der Waals surface area contributed by atoms with Crippen molar-refractivity contribution in [3.05, 3.63) is 88.3 Å². The minimum absolute atomic E-state index is 0.00145. The van der Waals surface area contributed by atoms with Gasteiger partial charge in [0.1, 0.15) is 17.7 Å². The highest BCUT2D eigenvalue weighted by Gasteiger charge is 2.47. The van der Waals surface area contributed by atoms with Crippen LogP contribution in [0.5, 0.6) is 0 Å². The number of nitrogens with zero attached hydrogens (tertiary/aromatic N) is 4. The Hall–Kier alpha value is -4.43. The first-order chi connectivity index (χ1) is 19.6. The van der Waals surface area contributed by atoms with E-state index in [1.54, 1.807) is 12.1 Å². The van der Waals surface area contributed by atoms with Crippen molar-refractivity contribution in [1.82, 2.24) is 10.3 Å². The number of hydrogen-bond donors (Lipinski definition) is 1. The molecule has 1 saturated heterocycles. The van der Waals surface area contributed by atoms with Crippen LogP contribution in [-0.4, -0.2) is 41.7 Å². The number of nitriles is 1. The minimum Gasteiger partial charge on any atom is -0.351 e. The Morgan fingerprint density at radius 2 is 1.98 bits per heavy atom. The van der Waals surface area contributed by atoms with E-state index in [0.29, 0.717) is 12.0 Å². The van der Waals surface area contributed by atoms with Crippen LogP contribution in [0.4, 0.5) is 24.7 Å². The van der Waals surface area contributed by atoms with Crippen LogP contribution in [-0.2, 0) is 14.4 Å². The summed E-state index contributed by atoms with van der Waals surface area (Å²) in [4.78, 5) is 45.7. The SMILES string of the molecule is N#Cc1ccnc(N2CC(c3c(F)cccc3N(C=O)[C@H](C(=O)NC3CC(F)(F)C3)c3ccccc3Cl)CC2=O)c1. The smallest absolute Gasteiger partial charge is 0.252 e. The van der Waals surface area contributed by atoms with E-state index in [9.17, 15) is 28.4 Å². The first kappa shape index (κ1) is 28.1. The second-order valence-corrected chi connectivity index (χ2v) is 10.4. The summed E-state index contributed by atoms with van der Waals surface area (Å²) in [7, 11) is 0. The lowest BCUT2D eigenvalue weighted by molar-refractivity contribution is -0.131. The number of hydrogen-bond acceptors (Lipinski definition) is 5. The Bertz CT molecular complexity index is 1550. The van der Waals surface area contributed by atoms with Crippen molar-refractivity contribution < 1.29 is 27.6 Å². The van der Waals surface area contributed by atoms with Crippen molar-refractivity contribution in [2.45, 2.75) is 43.2 Å². The van der Waals surface area contributed by atoms with Gasteiger partial charge in [-0.15, -0.1) is 0 Å². The summed E-state index contributed by atoms with van der Waals surface area (Å²) in [6.45, 7) is 0.00145. The molecule has 1 aliphatic carbocycles. The quantitative estimate of drug-likeness (QED) is 0.382. The molecule has 1 N–H and O–H groups in total. The molecule has 3 aromatic rings. The van der Waals surface area contributed by atoms with Crippen molar-refractivity contribution >= 4 is 41.3 Å². The molecule has 2 atom stereocenters. The molecule has 2 aromatic carbocycles. The second-order valence-electron chi connectivity index (χ2n) is 10.00. The molecule has 5 rings (SSSR count). The van der Waals surface area contributed by atoms with Crippen LogP contribution < -0.4 is 15.1 Å². The monoisotopic (exact) mass is 581 g/mol. The summed E-state index contributed by atoms with van der Waals surface area (Å²) in [5.41, 5.74) is 0.550. The fraction of sp³-hybridized carbons (Fsp3) is 0.276. The number of benzene rings is 2. The third kappa shape index (κ3) is 5.60. The number of nitrogens with one attached hydrogen (secondary N) is 1. The van der Waals surface area contributed by atoms with Crippen LogP contribution in [0.3, 0.4) is 0 Å². The molecule has 0 spiro atoms. The van der Waals surface area contributed by atoms with Crippen LogP contribution >= 0.6 is 11.6 Å². The molecule has 2 aliphatic rings. The zero-order valence-electron chi connectivity index (χ0n) is 21.4. The maximum absolute atomic E-state index is 15.5. The maximum Gasteiger partial charge on any atom is 0.252 e. The van der Waals surface area contributed by atoms with Crippen molar-refractivity contribution in [2.24, 2.45) is 0 Å². The van der Waals surface area contributed by atoms with Gasteiger partial charge in [0.2, 0.25) is 18.2 Å². The number of halogens is 4. The molecule has 12 heteroatoms. The van der Waals surface area contributed by atoms with Gasteiger partial charge in [0.25, 0.3) is 5.92 Å². The average molecular weight is 582 g/mol. The summed E-state index contributed by atoms with van der Waals surface area (Å²) in [5, 5.41) is 11.9. The zero-order valence-corrected chi connectivity index (χ0v) is 22.2. The molecule has 3 amide bonds. The molecule has 0 radical (unpaired) electrons. The van der Waals surface area contributed by atoms with Gasteiger partial charge in [-0.25, -0.2) is 18.2 Å². The summed E-state index contributed by atoms with van der Waals surface area (Å²) < 4.78 is 42.5. The third-order valence-corrected chi connectivity index (χ3v) is 7.61. The maximum atomic E-state index is 15.5. The summed E-state index contributed by atoms with van der Waals surface area (Å²) >= 11 is 6.41. The van der Waals surface area contributed by atoms with Crippen LogP contribution in [0.15, 0.2) is 60.8 Å². The van der Waals surface area contributed by atoms with E-state index in [-0.39, 0.29) is 46.5 Å². The van der Waals surface area contributed by atoms with Gasteiger partial charge in [0.05, 0.1) is 17.3 Å². The highest BCUT2D eigenvalue weighted by atomic mass is 35.5. The lowest BCUT2D eigenvalue weighted by Gasteiger charge is -2.38. The summed E-state index contributed by atoms with van der Waals surface area (Å²) in [6, 6.07) is 13.0. The van der Waals surface area contributed by atoms with Gasteiger partial charge in [-0.1, -0.05) is 35.9 Å². The van der Waals surface area contributed by atoms with Gasteiger partial charge in [0.15, 0.2) is 0 Å². The number of rotatable bonds is 8. The van der Waals surface area contributed by atoms with Crippen molar-refractivity contribution in [1.29, 1.82) is 5.26 Å². The molecule has 210 valence electrons. The van der Waals surface area contributed by atoms with Crippen LogP contribution in [0, 0.1) is 17.1 Å². The summed E-state index contributed by atoms with van der Waals surface area (Å²) in [5.74, 6) is -5.23. The molecule has 0 bridgehead atoms. The molecule has 8 nitrogen and oxygen atoms in total. The third-order valence-electron chi connectivity index (χ3n) is 7.27. The van der Waals surface area contributed by atoms with Gasteiger partial charge >= 0.3 is 0 Å². The highest BCUT2D eigenvalue weighted by Crippen LogP contribution is 2.42. The number of alkyl halides is 2. The Morgan fingerprint density at radius 3 is 2.66 bits per heavy atom. The lowest BCUT2D eigenvalue weighted by Crippen LogP contribution is -2.53. The fourth-order valence-corrected chi connectivity index (χ4v) is 5.57. The minimum atomic E-state index is -2.89. The Kier molecular flexibility index (Phi) is 7.69. The molecule has 41 heavy (non-hydrogen) atoms. The van der Waals surface area contributed by atoms with E-state index in [4.69, 9.17) is 11.6 Å². The predicted molar refractivity (Wildman–Crippen MR) is 144 cm³/mol.